The topological polar surface area (TPSA) is 65.0 Å². The summed E-state index contributed by atoms with van der Waals surface area (Å²) in [6, 6.07) is 25.5. The van der Waals surface area contributed by atoms with E-state index in [4.69, 9.17) is 0 Å². The van der Waals surface area contributed by atoms with E-state index < -0.39 is 0 Å². The fraction of sp³-hybridized carbons (Fsp3) is 0.250. The molecule has 0 unspecified atom stereocenters. The Labute approximate surface area is 211 Å². The van der Waals surface area contributed by atoms with Crippen molar-refractivity contribution in [3.63, 3.8) is 0 Å². The average Bonchev–Trinajstić information content (AvgIpc) is 3.26. The first-order chi connectivity index (χ1) is 17.1. The molecule has 180 valence electrons. The van der Waals surface area contributed by atoms with E-state index in [-0.39, 0.29) is 17.2 Å². The number of nitrogens with zero attached hydrogens (tertiary/aromatic N) is 3. The van der Waals surface area contributed by atoms with Crippen LogP contribution in [0.2, 0.25) is 0 Å². The molecule has 1 heterocycles. The molecule has 3 aromatic rings. The molecule has 4 rings (SSSR count). The van der Waals surface area contributed by atoms with Crippen LogP contribution >= 0.6 is 11.8 Å². The minimum absolute atomic E-state index is 0.0582. The molecule has 1 fully saturated rings. The van der Waals surface area contributed by atoms with Crippen LogP contribution in [0.3, 0.4) is 0 Å². The van der Waals surface area contributed by atoms with Crippen LogP contribution in [-0.4, -0.2) is 41.8 Å². The number of hydrogen-bond acceptors (Lipinski definition) is 5. The molecule has 1 aliphatic heterocycles. The molecule has 0 radical (unpaired) electrons. The summed E-state index contributed by atoms with van der Waals surface area (Å²) in [6.45, 7) is 6.75. The summed E-state index contributed by atoms with van der Waals surface area (Å²) >= 11 is 1.61. The van der Waals surface area contributed by atoms with Gasteiger partial charge in [-0.15, -0.1) is 11.8 Å². The van der Waals surface area contributed by atoms with E-state index in [2.05, 4.69) is 41.4 Å². The van der Waals surface area contributed by atoms with Gasteiger partial charge in [0.15, 0.2) is 0 Å². The number of amides is 2. The van der Waals surface area contributed by atoms with Crippen molar-refractivity contribution < 1.29 is 9.59 Å². The summed E-state index contributed by atoms with van der Waals surface area (Å²) in [5.74, 6) is 0.318. The third-order valence-corrected chi connectivity index (χ3v) is 7.28. The fourth-order valence-corrected chi connectivity index (χ4v) is 5.26. The number of nitrogens with one attached hydrogen (secondary N) is 1. The lowest BCUT2D eigenvalue weighted by Crippen LogP contribution is -2.27. The number of hydrogen-bond donors (Lipinski definition) is 1. The highest BCUT2D eigenvalue weighted by Gasteiger charge is 2.32. The number of carbonyl (C=O) groups excluding carboxylic acids is 2. The van der Waals surface area contributed by atoms with Crippen LogP contribution in [0.15, 0.2) is 84.0 Å². The minimum atomic E-state index is -0.274. The number of thioether (sulfide) groups is 1. The SMILES string of the molecule is CCN(CC)c1ccc(/C=N\NC(=O)c2ccc([C@@H]3SCC(=O)N3Cc3ccccc3)cc2)cc1. The maximum Gasteiger partial charge on any atom is 0.271 e. The van der Waals surface area contributed by atoms with E-state index in [1.165, 1.54) is 5.69 Å². The smallest absolute Gasteiger partial charge is 0.271 e. The van der Waals surface area contributed by atoms with Crippen LogP contribution in [0.25, 0.3) is 0 Å². The zero-order chi connectivity index (χ0) is 24.6. The number of carbonyl (C=O) groups is 2. The Hall–Kier alpha value is -3.58. The molecule has 0 saturated carbocycles. The first-order valence-corrected chi connectivity index (χ1v) is 12.9. The average molecular weight is 487 g/mol. The monoisotopic (exact) mass is 486 g/mol. The summed E-state index contributed by atoms with van der Waals surface area (Å²) in [5, 5.41) is 4.05. The normalized spacial score (nSPS) is 15.5. The summed E-state index contributed by atoms with van der Waals surface area (Å²) < 4.78 is 0. The standard InChI is InChI=1S/C28H30N4O2S/c1-3-31(4-2)25-16-10-21(11-17-25)18-29-30-27(34)23-12-14-24(15-13-23)28-32(26(33)20-35-28)19-22-8-6-5-7-9-22/h5-18,28H,3-4,19-20H2,1-2H3,(H,30,34)/b29-18-/t28-/m0/s1. The molecule has 1 N–H and O–H groups in total. The van der Waals surface area contributed by atoms with Gasteiger partial charge >= 0.3 is 0 Å². The van der Waals surface area contributed by atoms with Gasteiger partial charge in [-0.25, -0.2) is 5.43 Å². The quantitative estimate of drug-likeness (QED) is 0.339. The van der Waals surface area contributed by atoms with E-state index in [9.17, 15) is 9.59 Å². The second-order valence-electron chi connectivity index (χ2n) is 8.26. The zero-order valence-corrected chi connectivity index (χ0v) is 20.9. The highest BCUT2D eigenvalue weighted by molar-refractivity contribution is 8.00. The maximum absolute atomic E-state index is 12.5. The molecule has 1 saturated heterocycles. The van der Waals surface area contributed by atoms with Crippen molar-refractivity contribution in [3.05, 3.63) is 101 Å². The summed E-state index contributed by atoms with van der Waals surface area (Å²) in [5.41, 5.74) is 7.30. The van der Waals surface area contributed by atoms with Gasteiger partial charge in [-0.05, 0) is 54.8 Å². The second-order valence-corrected chi connectivity index (χ2v) is 9.32. The Balaban J connectivity index is 1.36. The van der Waals surface area contributed by atoms with Gasteiger partial charge in [0.25, 0.3) is 5.91 Å². The molecule has 0 aliphatic carbocycles. The molecule has 1 atom stereocenters. The predicted octanol–water partition coefficient (Wildman–Crippen LogP) is 5.07. The summed E-state index contributed by atoms with van der Waals surface area (Å²) in [7, 11) is 0. The molecular formula is C28H30N4O2S. The van der Waals surface area contributed by atoms with E-state index in [1.807, 2.05) is 59.5 Å². The van der Waals surface area contributed by atoms with Gasteiger partial charge in [-0.3, -0.25) is 9.59 Å². The van der Waals surface area contributed by atoms with Gasteiger partial charge in [0.2, 0.25) is 5.91 Å². The molecule has 2 amide bonds. The molecule has 1 aliphatic rings. The Bertz CT molecular complexity index is 1160. The van der Waals surface area contributed by atoms with Gasteiger partial charge in [0, 0.05) is 30.9 Å². The number of benzene rings is 3. The van der Waals surface area contributed by atoms with Crippen LogP contribution in [0.5, 0.6) is 0 Å². The third-order valence-electron chi connectivity index (χ3n) is 6.02. The third kappa shape index (κ3) is 6.11. The summed E-state index contributed by atoms with van der Waals surface area (Å²) in [4.78, 5) is 29.2. The predicted molar refractivity (Wildman–Crippen MR) is 144 cm³/mol. The first-order valence-electron chi connectivity index (χ1n) is 11.8. The van der Waals surface area contributed by atoms with E-state index in [1.54, 1.807) is 30.1 Å². The highest BCUT2D eigenvalue weighted by Crippen LogP contribution is 2.39. The van der Waals surface area contributed by atoms with Crippen LogP contribution in [0, 0.1) is 0 Å². The van der Waals surface area contributed by atoms with E-state index in [0.29, 0.717) is 17.9 Å². The van der Waals surface area contributed by atoms with E-state index >= 15 is 0 Å². The highest BCUT2D eigenvalue weighted by atomic mass is 32.2. The van der Waals surface area contributed by atoms with Gasteiger partial charge in [0.05, 0.1) is 12.0 Å². The number of rotatable bonds is 9. The van der Waals surface area contributed by atoms with Gasteiger partial charge in [0.1, 0.15) is 5.37 Å². The second kappa shape index (κ2) is 11.7. The molecule has 7 heteroatoms. The van der Waals surface area contributed by atoms with Crippen LogP contribution in [0.4, 0.5) is 5.69 Å². The largest absolute Gasteiger partial charge is 0.372 e. The van der Waals surface area contributed by atoms with Crippen LogP contribution < -0.4 is 10.3 Å². The van der Waals surface area contributed by atoms with Crippen molar-refractivity contribution in [1.29, 1.82) is 0 Å². The lowest BCUT2D eigenvalue weighted by molar-refractivity contribution is -0.128. The van der Waals surface area contributed by atoms with E-state index in [0.717, 1.165) is 29.8 Å². The van der Waals surface area contributed by atoms with Crippen molar-refractivity contribution in [2.45, 2.75) is 25.8 Å². The molecule has 3 aromatic carbocycles. The lowest BCUT2D eigenvalue weighted by Gasteiger charge is -2.24. The molecule has 0 aromatic heterocycles. The zero-order valence-electron chi connectivity index (χ0n) is 20.1. The van der Waals surface area contributed by atoms with Crippen LogP contribution in [0.1, 0.15) is 46.3 Å². The Morgan fingerprint density at radius 2 is 1.71 bits per heavy atom. The Kier molecular flexibility index (Phi) is 8.21. The van der Waals surface area contributed by atoms with Gasteiger partial charge in [-0.1, -0.05) is 54.6 Å². The number of anilines is 1. The molecule has 6 nitrogen and oxygen atoms in total. The molecule has 0 spiro atoms. The Morgan fingerprint density at radius 1 is 1.03 bits per heavy atom. The molecule has 0 bridgehead atoms. The summed E-state index contributed by atoms with van der Waals surface area (Å²) in [6.07, 6.45) is 1.64. The van der Waals surface area contributed by atoms with Crippen LogP contribution in [-0.2, 0) is 11.3 Å². The van der Waals surface area contributed by atoms with Crippen molar-refractivity contribution in [3.8, 4) is 0 Å². The van der Waals surface area contributed by atoms with Crippen molar-refractivity contribution in [2.24, 2.45) is 5.10 Å². The fourth-order valence-electron chi connectivity index (χ4n) is 4.07. The van der Waals surface area contributed by atoms with Gasteiger partial charge < -0.3 is 9.80 Å². The van der Waals surface area contributed by atoms with Crippen molar-refractivity contribution in [1.82, 2.24) is 10.3 Å². The number of hydrazone groups is 1. The maximum atomic E-state index is 12.5. The molecule has 35 heavy (non-hydrogen) atoms. The minimum Gasteiger partial charge on any atom is -0.372 e. The van der Waals surface area contributed by atoms with Crippen molar-refractivity contribution in [2.75, 3.05) is 23.7 Å². The van der Waals surface area contributed by atoms with Crippen molar-refractivity contribution >= 4 is 35.5 Å². The van der Waals surface area contributed by atoms with Gasteiger partial charge in [-0.2, -0.15) is 5.10 Å². The Morgan fingerprint density at radius 3 is 2.37 bits per heavy atom. The molecular weight excluding hydrogens is 456 g/mol. The lowest BCUT2D eigenvalue weighted by atomic mass is 10.1. The first kappa shape index (κ1) is 24.5.